The van der Waals surface area contributed by atoms with E-state index in [0.29, 0.717) is 5.16 Å². The summed E-state index contributed by atoms with van der Waals surface area (Å²) in [6.07, 6.45) is 3.33. The number of halogens is 1. The molecule has 84 valence electrons. The van der Waals surface area contributed by atoms with Crippen LogP contribution in [-0.2, 0) is 0 Å². The predicted molar refractivity (Wildman–Crippen MR) is 60.8 cm³/mol. The summed E-state index contributed by atoms with van der Waals surface area (Å²) in [7, 11) is 1.98. The summed E-state index contributed by atoms with van der Waals surface area (Å²) in [5.41, 5.74) is 0. The van der Waals surface area contributed by atoms with E-state index < -0.39 is 0 Å². The summed E-state index contributed by atoms with van der Waals surface area (Å²) < 4.78 is 0. The third-order valence-corrected chi connectivity index (χ3v) is 2.97. The van der Waals surface area contributed by atoms with Crippen LogP contribution < -0.4 is 0 Å². The van der Waals surface area contributed by atoms with E-state index in [1.54, 1.807) is 0 Å². The van der Waals surface area contributed by atoms with E-state index in [-0.39, 0.29) is 6.10 Å². The van der Waals surface area contributed by atoms with Crippen LogP contribution in [0.5, 0.6) is 0 Å². The molecule has 2 aliphatic heterocycles. The monoisotopic (exact) mass is 229 g/mol. The van der Waals surface area contributed by atoms with Crippen LogP contribution in [0, 0.1) is 0 Å². The Bertz CT molecular complexity index is 295. The van der Waals surface area contributed by atoms with Gasteiger partial charge in [0.25, 0.3) is 0 Å². The Morgan fingerprint density at radius 2 is 2.13 bits per heavy atom. The van der Waals surface area contributed by atoms with Gasteiger partial charge in [0.1, 0.15) is 11.0 Å². The molecular weight excluding hydrogens is 214 g/mol. The van der Waals surface area contributed by atoms with Gasteiger partial charge >= 0.3 is 0 Å². The van der Waals surface area contributed by atoms with Crippen molar-refractivity contribution in [2.24, 2.45) is 4.99 Å². The Morgan fingerprint density at radius 1 is 1.47 bits per heavy atom. The van der Waals surface area contributed by atoms with Gasteiger partial charge in [-0.05, 0) is 12.8 Å². The Labute approximate surface area is 94.8 Å². The zero-order valence-electron chi connectivity index (χ0n) is 8.86. The lowest BCUT2D eigenvalue weighted by atomic mass is 10.1. The molecule has 0 bridgehead atoms. The van der Waals surface area contributed by atoms with Crippen molar-refractivity contribution in [2.75, 3.05) is 26.7 Å². The van der Waals surface area contributed by atoms with Crippen LogP contribution in [0.15, 0.2) is 16.3 Å². The minimum absolute atomic E-state index is 0.144. The molecule has 0 radical (unpaired) electrons. The van der Waals surface area contributed by atoms with Crippen molar-refractivity contribution in [1.82, 2.24) is 9.80 Å². The summed E-state index contributed by atoms with van der Waals surface area (Å²) in [6, 6.07) is 0. The SMILES string of the molecule is CN1C=C(Cl)N=C(N2CCC(O)CC2)C1. The van der Waals surface area contributed by atoms with Gasteiger partial charge in [0.15, 0.2) is 0 Å². The fourth-order valence-electron chi connectivity index (χ4n) is 1.93. The Kier molecular flexibility index (Phi) is 3.17. The molecule has 4 nitrogen and oxygen atoms in total. The summed E-state index contributed by atoms with van der Waals surface area (Å²) in [5, 5.41) is 9.95. The van der Waals surface area contributed by atoms with Crippen LogP contribution in [0.25, 0.3) is 0 Å². The van der Waals surface area contributed by atoms with Gasteiger partial charge in [-0.3, -0.25) is 0 Å². The first-order valence-electron chi connectivity index (χ1n) is 5.23. The number of aliphatic hydroxyl groups excluding tert-OH is 1. The zero-order valence-corrected chi connectivity index (χ0v) is 9.61. The molecule has 0 aromatic rings. The summed E-state index contributed by atoms with van der Waals surface area (Å²) in [4.78, 5) is 8.56. The molecule has 2 aliphatic rings. The molecule has 0 aromatic carbocycles. The molecular formula is C10H16ClN3O. The number of aliphatic imine (C=N–C) groups is 1. The Hall–Kier alpha value is -0.740. The van der Waals surface area contributed by atoms with Gasteiger partial charge in [0, 0.05) is 26.3 Å². The molecule has 1 saturated heterocycles. The molecule has 0 aromatic heterocycles. The number of hydrogen-bond acceptors (Lipinski definition) is 4. The number of rotatable bonds is 0. The van der Waals surface area contributed by atoms with Gasteiger partial charge in [-0.2, -0.15) is 0 Å². The van der Waals surface area contributed by atoms with E-state index >= 15 is 0 Å². The number of hydrogen-bond donors (Lipinski definition) is 1. The van der Waals surface area contributed by atoms with Gasteiger partial charge in [0.05, 0.1) is 12.6 Å². The summed E-state index contributed by atoms with van der Waals surface area (Å²) in [5.74, 6) is 1.01. The van der Waals surface area contributed by atoms with E-state index in [0.717, 1.165) is 38.3 Å². The highest BCUT2D eigenvalue weighted by Crippen LogP contribution is 2.16. The normalized spacial score (nSPS) is 23.9. The second kappa shape index (κ2) is 4.41. The number of nitrogens with zero attached hydrogens (tertiary/aromatic N) is 3. The minimum Gasteiger partial charge on any atom is -0.393 e. The second-order valence-corrected chi connectivity index (χ2v) is 4.50. The molecule has 0 amide bonds. The number of likely N-dealkylation sites (tertiary alicyclic amines) is 1. The number of aliphatic hydroxyl groups is 1. The summed E-state index contributed by atoms with van der Waals surface area (Å²) in [6.45, 7) is 2.54. The first-order valence-corrected chi connectivity index (χ1v) is 5.61. The van der Waals surface area contributed by atoms with Crippen LogP contribution in [0.3, 0.4) is 0 Å². The number of piperidine rings is 1. The quantitative estimate of drug-likeness (QED) is 0.626. The molecule has 0 atom stereocenters. The molecule has 5 heteroatoms. The lowest BCUT2D eigenvalue weighted by Crippen LogP contribution is -2.44. The van der Waals surface area contributed by atoms with Crippen molar-refractivity contribution in [3.8, 4) is 0 Å². The highest BCUT2D eigenvalue weighted by molar-refractivity contribution is 6.30. The van der Waals surface area contributed by atoms with E-state index in [1.165, 1.54) is 0 Å². The van der Waals surface area contributed by atoms with Crippen LogP contribution in [0.2, 0.25) is 0 Å². The Balaban J connectivity index is 2.02. The smallest absolute Gasteiger partial charge is 0.147 e. The van der Waals surface area contributed by atoms with Crippen LogP contribution in [0.4, 0.5) is 0 Å². The zero-order chi connectivity index (χ0) is 10.8. The van der Waals surface area contributed by atoms with Crippen molar-refractivity contribution in [3.63, 3.8) is 0 Å². The van der Waals surface area contributed by atoms with Crippen molar-refractivity contribution in [3.05, 3.63) is 11.4 Å². The van der Waals surface area contributed by atoms with Gasteiger partial charge in [-0.25, -0.2) is 4.99 Å². The van der Waals surface area contributed by atoms with Crippen LogP contribution in [0.1, 0.15) is 12.8 Å². The molecule has 1 N–H and O–H groups in total. The van der Waals surface area contributed by atoms with Gasteiger partial charge in [-0.1, -0.05) is 11.6 Å². The van der Waals surface area contributed by atoms with Crippen LogP contribution in [-0.4, -0.2) is 53.5 Å². The van der Waals surface area contributed by atoms with Crippen molar-refractivity contribution >= 4 is 17.4 Å². The number of likely N-dealkylation sites (N-methyl/N-ethyl adjacent to an activating group) is 1. The highest BCUT2D eigenvalue weighted by atomic mass is 35.5. The van der Waals surface area contributed by atoms with Gasteiger partial charge < -0.3 is 14.9 Å². The maximum absolute atomic E-state index is 9.41. The average molecular weight is 230 g/mol. The first kappa shape index (κ1) is 10.8. The van der Waals surface area contributed by atoms with E-state index in [2.05, 4.69) is 9.89 Å². The van der Waals surface area contributed by atoms with Crippen molar-refractivity contribution in [1.29, 1.82) is 0 Å². The third kappa shape index (κ3) is 2.63. The fraction of sp³-hybridized carbons (Fsp3) is 0.700. The van der Waals surface area contributed by atoms with Crippen LogP contribution >= 0.6 is 11.6 Å². The molecule has 0 aliphatic carbocycles. The molecule has 1 fully saturated rings. The topological polar surface area (TPSA) is 39.1 Å². The van der Waals surface area contributed by atoms with Gasteiger partial charge in [-0.15, -0.1) is 0 Å². The lowest BCUT2D eigenvalue weighted by molar-refractivity contribution is 0.108. The Morgan fingerprint density at radius 3 is 2.73 bits per heavy atom. The first-order chi connectivity index (χ1) is 7.15. The number of amidine groups is 1. The van der Waals surface area contributed by atoms with Gasteiger partial charge in [0.2, 0.25) is 0 Å². The standard InChI is InChI=1S/C10H16ClN3O/c1-13-6-9(11)12-10(7-13)14-4-2-8(15)3-5-14/h6,8,15H,2-5,7H2,1H3. The summed E-state index contributed by atoms with van der Waals surface area (Å²) >= 11 is 5.91. The molecule has 2 heterocycles. The third-order valence-electron chi connectivity index (χ3n) is 2.78. The largest absolute Gasteiger partial charge is 0.393 e. The molecule has 2 rings (SSSR count). The highest BCUT2D eigenvalue weighted by Gasteiger charge is 2.22. The second-order valence-electron chi connectivity index (χ2n) is 4.11. The van der Waals surface area contributed by atoms with E-state index in [9.17, 15) is 5.11 Å². The predicted octanol–water partition coefficient (Wildman–Crippen LogP) is 0.825. The average Bonchev–Trinajstić information content (AvgIpc) is 2.17. The molecule has 15 heavy (non-hydrogen) atoms. The molecule has 0 unspecified atom stereocenters. The lowest BCUT2D eigenvalue weighted by Gasteiger charge is -2.34. The molecule has 0 saturated carbocycles. The van der Waals surface area contributed by atoms with Crippen molar-refractivity contribution in [2.45, 2.75) is 18.9 Å². The maximum Gasteiger partial charge on any atom is 0.147 e. The maximum atomic E-state index is 9.41. The van der Waals surface area contributed by atoms with E-state index in [4.69, 9.17) is 11.6 Å². The minimum atomic E-state index is -0.144. The fourth-order valence-corrected chi connectivity index (χ4v) is 2.20. The van der Waals surface area contributed by atoms with Crippen molar-refractivity contribution < 1.29 is 5.11 Å². The van der Waals surface area contributed by atoms with E-state index in [1.807, 2.05) is 18.1 Å². The molecule has 0 spiro atoms.